The molecule has 1 fully saturated rings. The number of allylic oxidation sites excluding steroid dienone is 2. The summed E-state index contributed by atoms with van der Waals surface area (Å²) in [5.74, 6) is 0. The van der Waals surface area contributed by atoms with Crippen LogP contribution in [0, 0.1) is 0 Å². The monoisotopic (exact) mass is 478 g/mol. The third-order valence-electron chi connectivity index (χ3n) is 8.68. The molecule has 3 aromatic carbocycles. The lowest BCUT2D eigenvalue weighted by molar-refractivity contribution is 0.343. The maximum Gasteiger partial charge on any atom is 0.0450 e. The van der Waals surface area contributed by atoms with Gasteiger partial charge in [-0.3, -0.25) is 0 Å². The van der Waals surface area contributed by atoms with E-state index in [0.717, 1.165) is 25.8 Å². The van der Waals surface area contributed by atoms with Gasteiger partial charge in [-0.05, 0) is 60.9 Å². The third-order valence-corrected chi connectivity index (χ3v) is 8.68. The molecule has 3 aromatic rings. The molecule has 36 heavy (non-hydrogen) atoms. The maximum atomic E-state index is 3.48. The van der Waals surface area contributed by atoms with Gasteiger partial charge >= 0.3 is 0 Å². The van der Waals surface area contributed by atoms with Crippen LogP contribution in [0.1, 0.15) is 75.5 Å². The largest absolute Gasteiger partial charge is 0.388 e. The van der Waals surface area contributed by atoms with Gasteiger partial charge < -0.3 is 10.2 Å². The first kappa shape index (κ1) is 24.7. The van der Waals surface area contributed by atoms with E-state index < -0.39 is 0 Å². The Morgan fingerprint density at radius 1 is 0.889 bits per heavy atom. The molecule has 1 aliphatic heterocycles. The Bertz CT molecular complexity index is 1190. The Balaban J connectivity index is 1.60. The van der Waals surface area contributed by atoms with Crippen molar-refractivity contribution in [1.29, 1.82) is 0 Å². The van der Waals surface area contributed by atoms with Crippen LogP contribution in [0.15, 0.2) is 90.6 Å². The lowest BCUT2D eigenvalue weighted by Crippen LogP contribution is -2.34. The predicted molar refractivity (Wildman–Crippen MR) is 155 cm³/mol. The minimum absolute atomic E-state index is 0.0174. The Morgan fingerprint density at radius 2 is 1.58 bits per heavy atom. The SMILES string of the molecule is CCCN1/C(=C/CC(C)(Cc2ccccc2)c2ccccc2NC)C2(CCCCC2)c2ccccc21. The highest BCUT2D eigenvalue weighted by atomic mass is 15.2. The minimum atomic E-state index is -0.0174. The highest BCUT2D eigenvalue weighted by molar-refractivity contribution is 5.71. The zero-order chi connectivity index (χ0) is 25.0. The molecule has 1 spiro atoms. The summed E-state index contributed by atoms with van der Waals surface area (Å²) in [6, 6.07) is 29.2. The fraction of sp³-hybridized carbons (Fsp3) is 0.412. The normalized spacial score (nSPS) is 19.3. The topological polar surface area (TPSA) is 15.3 Å². The molecule has 1 unspecified atom stereocenters. The van der Waals surface area contributed by atoms with Crippen LogP contribution < -0.4 is 10.2 Å². The zero-order valence-electron chi connectivity index (χ0n) is 22.4. The minimum Gasteiger partial charge on any atom is -0.388 e. The van der Waals surface area contributed by atoms with E-state index in [9.17, 15) is 0 Å². The van der Waals surface area contributed by atoms with Crippen molar-refractivity contribution in [2.24, 2.45) is 0 Å². The van der Waals surface area contributed by atoms with Gasteiger partial charge in [-0.2, -0.15) is 0 Å². The van der Waals surface area contributed by atoms with Gasteiger partial charge in [0.1, 0.15) is 0 Å². The molecular formula is C34H42N2. The summed E-state index contributed by atoms with van der Waals surface area (Å²) in [7, 11) is 2.05. The number of anilines is 2. The van der Waals surface area contributed by atoms with Crippen molar-refractivity contribution in [2.75, 3.05) is 23.8 Å². The summed E-state index contributed by atoms with van der Waals surface area (Å²) >= 11 is 0. The van der Waals surface area contributed by atoms with E-state index in [1.165, 1.54) is 54.6 Å². The second kappa shape index (κ2) is 10.5. The first-order chi connectivity index (χ1) is 17.6. The summed E-state index contributed by atoms with van der Waals surface area (Å²) in [6.45, 7) is 5.87. The summed E-state index contributed by atoms with van der Waals surface area (Å²) < 4.78 is 0. The number of nitrogens with one attached hydrogen (secondary N) is 1. The van der Waals surface area contributed by atoms with Crippen molar-refractivity contribution in [1.82, 2.24) is 0 Å². The number of nitrogens with zero attached hydrogens (tertiary/aromatic N) is 1. The van der Waals surface area contributed by atoms with Gasteiger partial charge in [-0.25, -0.2) is 0 Å². The molecule has 1 saturated carbocycles. The third kappa shape index (κ3) is 4.47. The van der Waals surface area contributed by atoms with E-state index in [1.807, 2.05) is 7.05 Å². The van der Waals surface area contributed by atoms with Crippen LogP contribution in [0.25, 0.3) is 0 Å². The second-order valence-electron chi connectivity index (χ2n) is 11.1. The van der Waals surface area contributed by atoms with E-state index in [-0.39, 0.29) is 10.8 Å². The molecule has 2 heteroatoms. The van der Waals surface area contributed by atoms with E-state index in [0.29, 0.717) is 0 Å². The molecule has 1 N–H and O–H groups in total. The van der Waals surface area contributed by atoms with Crippen LogP contribution in [0.2, 0.25) is 0 Å². The van der Waals surface area contributed by atoms with Crippen molar-refractivity contribution in [3.8, 4) is 0 Å². The van der Waals surface area contributed by atoms with E-state index in [1.54, 1.807) is 11.3 Å². The lowest BCUT2D eigenvalue weighted by Gasteiger charge is -2.38. The van der Waals surface area contributed by atoms with Crippen molar-refractivity contribution in [2.45, 2.75) is 76.0 Å². The van der Waals surface area contributed by atoms with Gasteiger partial charge in [-0.1, -0.05) is 106 Å². The molecular weight excluding hydrogens is 436 g/mol. The van der Waals surface area contributed by atoms with E-state index in [4.69, 9.17) is 0 Å². The quantitative estimate of drug-likeness (QED) is 0.348. The number of hydrogen-bond acceptors (Lipinski definition) is 2. The van der Waals surface area contributed by atoms with Crippen LogP contribution in [-0.4, -0.2) is 13.6 Å². The number of fused-ring (bicyclic) bond motifs is 2. The van der Waals surface area contributed by atoms with Gasteiger partial charge in [-0.15, -0.1) is 0 Å². The average Bonchev–Trinajstić information content (AvgIpc) is 3.17. The van der Waals surface area contributed by atoms with Crippen LogP contribution in [0.3, 0.4) is 0 Å². The summed E-state index contributed by atoms with van der Waals surface area (Å²) in [5, 5.41) is 3.48. The highest BCUT2D eigenvalue weighted by Gasteiger charge is 2.47. The molecule has 0 saturated heterocycles. The standard InChI is InChI=1S/C34H42N2/c1-4-25-36-31-20-12-10-18-29(31)34(22-13-6-14-23-34)32(36)21-24-33(2,26-27-15-7-5-8-16-27)28-17-9-11-19-30(28)35-3/h5,7-12,15-21,35H,4,6,13-14,22-26H2,1-3H3/b32-21+. The van der Waals surface area contributed by atoms with Gasteiger partial charge in [0.25, 0.3) is 0 Å². The van der Waals surface area contributed by atoms with Gasteiger partial charge in [0.05, 0.1) is 0 Å². The Kier molecular flexibility index (Phi) is 7.23. The molecule has 1 aliphatic carbocycles. The molecule has 0 amide bonds. The number of para-hydroxylation sites is 2. The highest BCUT2D eigenvalue weighted by Crippen LogP contribution is 2.55. The van der Waals surface area contributed by atoms with Crippen LogP contribution in [-0.2, 0) is 17.3 Å². The Labute approximate surface area is 218 Å². The fourth-order valence-electron chi connectivity index (χ4n) is 6.96. The Hall–Kier alpha value is -3.00. The van der Waals surface area contributed by atoms with Gasteiger partial charge in [0, 0.05) is 41.5 Å². The summed E-state index contributed by atoms with van der Waals surface area (Å²) in [6.07, 6.45) is 12.4. The summed E-state index contributed by atoms with van der Waals surface area (Å²) in [4.78, 5) is 2.67. The number of hydrogen-bond donors (Lipinski definition) is 1. The zero-order valence-corrected chi connectivity index (χ0v) is 22.4. The molecule has 2 nitrogen and oxygen atoms in total. The molecule has 1 atom stereocenters. The van der Waals surface area contributed by atoms with Crippen LogP contribution in [0.5, 0.6) is 0 Å². The number of rotatable bonds is 8. The number of benzene rings is 3. The van der Waals surface area contributed by atoms with E-state index >= 15 is 0 Å². The molecule has 1 heterocycles. The Morgan fingerprint density at radius 3 is 2.33 bits per heavy atom. The van der Waals surface area contributed by atoms with Crippen LogP contribution in [0.4, 0.5) is 11.4 Å². The predicted octanol–water partition coefficient (Wildman–Crippen LogP) is 8.63. The van der Waals surface area contributed by atoms with Crippen molar-refractivity contribution in [3.63, 3.8) is 0 Å². The first-order valence-electron chi connectivity index (χ1n) is 14.0. The molecule has 188 valence electrons. The summed E-state index contributed by atoms with van der Waals surface area (Å²) in [5.41, 5.74) is 8.81. The van der Waals surface area contributed by atoms with Crippen molar-refractivity contribution >= 4 is 11.4 Å². The lowest BCUT2D eigenvalue weighted by atomic mass is 9.67. The van der Waals surface area contributed by atoms with Crippen molar-refractivity contribution < 1.29 is 0 Å². The van der Waals surface area contributed by atoms with E-state index in [2.05, 4.69) is 109 Å². The molecule has 0 radical (unpaired) electrons. The van der Waals surface area contributed by atoms with Gasteiger partial charge in [0.2, 0.25) is 0 Å². The average molecular weight is 479 g/mol. The van der Waals surface area contributed by atoms with Crippen molar-refractivity contribution in [3.05, 3.63) is 107 Å². The fourth-order valence-corrected chi connectivity index (χ4v) is 6.96. The maximum absolute atomic E-state index is 3.48. The second-order valence-corrected chi connectivity index (χ2v) is 11.1. The molecule has 0 aromatic heterocycles. The molecule has 5 rings (SSSR count). The van der Waals surface area contributed by atoms with Gasteiger partial charge in [0.15, 0.2) is 0 Å². The first-order valence-corrected chi connectivity index (χ1v) is 14.0. The molecule has 2 aliphatic rings. The molecule has 0 bridgehead atoms. The smallest absolute Gasteiger partial charge is 0.0450 e. The van der Waals surface area contributed by atoms with Crippen LogP contribution >= 0.6 is 0 Å².